The number of hydrogen-bond acceptors (Lipinski definition) is 3. The minimum Gasteiger partial charge on any atom is -0.445 e. The molecule has 0 saturated heterocycles. The number of rotatable bonds is 6. The Morgan fingerprint density at radius 2 is 1.63 bits per heavy atom. The maximum Gasteiger partial charge on any atom is 0.416 e. The van der Waals surface area contributed by atoms with Crippen molar-refractivity contribution in [1.82, 2.24) is 10.6 Å². The molecule has 0 bridgehead atoms. The van der Waals surface area contributed by atoms with E-state index in [0.29, 0.717) is 5.56 Å². The van der Waals surface area contributed by atoms with Gasteiger partial charge in [0.2, 0.25) is 5.91 Å². The van der Waals surface area contributed by atoms with E-state index in [4.69, 9.17) is 4.74 Å². The number of amides is 2. The Bertz CT molecular complexity index is 762. The molecule has 0 aliphatic rings. The number of halogens is 3. The number of hydrogen-bond donors (Lipinski definition) is 2. The monoisotopic (exact) mass is 380 g/mol. The Morgan fingerprint density at radius 1 is 1.00 bits per heavy atom. The number of carbonyl (C=O) groups is 2. The average Bonchev–Trinajstić information content (AvgIpc) is 2.65. The molecule has 144 valence electrons. The van der Waals surface area contributed by atoms with Crippen LogP contribution in [0.3, 0.4) is 0 Å². The molecule has 0 radical (unpaired) electrons. The second-order valence-electron chi connectivity index (χ2n) is 5.84. The van der Waals surface area contributed by atoms with Crippen LogP contribution in [0.4, 0.5) is 18.0 Å². The van der Waals surface area contributed by atoms with Crippen molar-refractivity contribution < 1.29 is 27.5 Å². The molecule has 0 spiro atoms. The Hall–Kier alpha value is -3.03. The van der Waals surface area contributed by atoms with Crippen molar-refractivity contribution in [3.8, 4) is 0 Å². The lowest BCUT2D eigenvalue weighted by molar-refractivity contribution is -0.137. The molecule has 8 heteroatoms. The molecule has 27 heavy (non-hydrogen) atoms. The highest BCUT2D eigenvalue weighted by atomic mass is 19.4. The van der Waals surface area contributed by atoms with Gasteiger partial charge in [0, 0.05) is 6.54 Å². The van der Waals surface area contributed by atoms with Crippen LogP contribution in [-0.4, -0.2) is 18.0 Å². The second-order valence-corrected chi connectivity index (χ2v) is 5.84. The van der Waals surface area contributed by atoms with E-state index in [2.05, 4.69) is 10.6 Å². The predicted octanol–water partition coefficient (Wildman–Crippen LogP) is 3.64. The summed E-state index contributed by atoms with van der Waals surface area (Å²) in [4.78, 5) is 23.7. The summed E-state index contributed by atoms with van der Waals surface area (Å²) < 4.78 is 42.6. The molecular weight excluding hydrogens is 361 g/mol. The number of nitrogens with one attached hydrogen (secondary N) is 2. The van der Waals surface area contributed by atoms with Crippen molar-refractivity contribution >= 4 is 12.0 Å². The van der Waals surface area contributed by atoms with Gasteiger partial charge < -0.3 is 15.4 Å². The van der Waals surface area contributed by atoms with E-state index in [9.17, 15) is 22.8 Å². The molecule has 0 saturated carbocycles. The van der Waals surface area contributed by atoms with Gasteiger partial charge in [-0.25, -0.2) is 4.79 Å². The Kier molecular flexibility index (Phi) is 6.81. The third-order valence-corrected chi connectivity index (χ3v) is 3.69. The number of alkyl carbamates (subject to hydrolysis) is 1. The quantitative estimate of drug-likeness (QED) is 0.804. The van der Waals surface area contributed by atoms with E-state index in [1.165, 1.54) is 19.1 Å². The average molecular weight is 380 g/mol. The fraction of sp³-hybridized carbons (Fsp3) is 0.263. The lowest BCUT2D eigenvalue weighted by Gasteiger charge is -2.14. The van der Waals surface area contributed by atoms with Crippen LogP contribution < -0.4 is 10.6 Å². The molecule has 0 unspecified atom stereocenters. The van der Waals surface area contributed by atoms with Crippen LogP contribution >= 0.6 is 0 Å². The van der Waals surface area contributed by atoms with E-state index in [1.807, 2.05) is 18.2 Å². The van der Waals surface area contributed by atoms with E-state index in [1.54, 1.807) is 12.1 Å². The summed E-state index contributed by atoms with van der Waals surface area (Å²) in [7, 11) is 0. The van der Waals surface area contributed by atoms with Crippen molar-refractivity contribution in [3.05, 3.63) is 71.3 Å². The van der Waals surface area contributed by atoms with Crippen LogP contribution in [0.2, 0.25) is 0 Å². The third kappa shape index (κ3) is 6.65. The Morgan fingerprint density at radius 3 is 2.22 bits per heavy atom. The molecule has 2 amide bonds. The molecule has 0 aromatic heterocycles. The normalized spacial score (nSPS) is 12.1. The molecule has 0 aliphatic heterocycles. The summed E-state index contributed by atoms with van der Waals surface area (Å²) in [5.41, 5.74) is 0.566. The van der Waals surface area contributed by atoms with Crippen molar-refractivity contribution in [3.63, 3.8) is 0 Å². The maximum absolute atomic E-state index is 12.5. The molecule has 2 aromatic rings. The molecule has 5 nitrogen and oxygen atoms in total. The van der Waals surface area contributed by atoms with Crippen LogP contribution in [0.25, 0.3) is 0 Å². The van der Waals surface area contributed by atoms with Crippen LogP contribution in [0.5, 0.6) is 0 Å². The summed E-state index contributed by atoms with van der Waals surface area (Å²) >= 11 is 0. The second kappa shape index (κ2) is 9.07. The summed E-state index contributed by atoms with van der Waals surface area (Å²) in [6.45, 7) is 1.60. The fourth-order valence-electron chi connectivity index (χ4n) is 2.16. The van der Waals surface area contributed by atoms with Crippen LogP contribution in [-0.2, 0) is 28.9 Å². The Labute approximate surface area is 154 Å². The minimum atomic E-state index is -4.40. The molecule has 2 aromatic carbocycles. The topological polar surface area (TPSA) is 67.4 Å². The van der Waals surface area contributed by atoms with Gasteiger partial charge in [0.25, 0.3) is 0 Å². The first-order valence-corrected chi connectivity index (χ1v) is 8.17. The molecule has 0 fully saturated rings. The van der Waals surface area contributed by atoms with Gasteiger partial charge in [-0.2, -0.15) is 13.2 Å². The number of ether oxygens (including phenoxy) is 1. The van der Waals surface area contributed by atoms with Gasteiger partial charge in [0.15, 0.2) is 0 Å². The van der Waals surface area contributed by atoms with Crippen LogP contribution in [0, 0.1) is 0 Å². The molecule has 1 atom stereocenters. The standard InChI is InChI=1S/C19H19F3N2O3/c1-13(24-18(26)27-12-15-5-3-2-4-6-15)17(25)23-11-14-7-9-16(10-8-14)19(20,21)22/h2-10,13H,11-12H2,1H3,(H,23,25)(H,24,26)/t13-/m1/s1. The van der Waals surface area contributed by atoms with Gasteiger partial charge in [0.1, 0.15) is 12.6 Å². The van der Waals surface area contributed by atoms with Crippen LogP contribution in [0.1, 0.15) is 23.6 Å². The van der Waals surface area contributed by atoms with E-state index < -0.39 is 29.8 Å². The first kappa shape index (κ1) is 20.3. The minimum absolute atomic E-state index is 0.0437. The Balaban J connectivity index is 1.75. The lowest BCUT2D eigenvalue weighted by Crippen LogP contribution is -2.44. The summed E-state index contributed by atoms with van der Waals surface area (Å²) in [5, 5.41) is 4.94. The molecule has 0 aliphatic carbocycles. The zero-order valence-electron chi connectivity index (χ0n) is 14.5. The largest absolute Gasteiger partial charge is 0.445 e. The van der Waals surface area contributed by atoms with E-state index in [-0.39, 0.29) is 13.2 Å². The molecule has 2 rings (SSSR count). The lowest BCUT2D eigenvalue weighted by atomic mass is 10.1. The van der Waals surface area contributed by atoms with Crippen molar-refractivity contribution in [2.45, 2.75) is 32.3 Å². The van der Waals surface area contributed by atoms with E-state index >= 15 is 0 Å². The van der Waals surface area contributed by atoms with E-state index in [0.717, 1.165) is 17.7 Å². The van der Waals surface area contributed by atoms with Gasteiger partial charge in [-0.1, -0.05) is 42.5 Å². The first-order chi connectivity index (χ1) is 12.8. The predicted molar refractivity (Wildman–Crippen MR) is 92.5 cm³/mol. The smallest absolute Gasteiger partial charge is 0.416 e. The highest BCUT2D eigenvalue weighted by molar-refractivity contribution is 5.85. The first-order valence-electron chi connectivity index (χ1n) is 8.17. The molecule has 0 heterocycles. The van der Waals surface area contributed by atoms with Crippen molar-refractivity contribution in [2.75, 3.05) is 0 Å². The SMILES string of the molecule is C[C@@H](NC(=O)OCc1ccccc1)C(=O)NCc1ccc(C(F)(F)F)cc1. The van der Waals surface area contributed by atoms with Gasteiger partial charge in [-0.05, 0) is 30.2 Å². The summed E-state index contributed by atoms with van der Waals surface area (Å²) in [6.07, 6.45) is -5.14. The molecule has 2 N–H and O–H groups in total. The van der Waals surface area contributed by atoms with Crippen molar-refractivity contribution in [1.29, 1.82) is 0 Å². The summed E-state index contributed by atoms with van der Waals surface area (Å²) in [6, 6.07) is 12.7. The zero-order valence-corrected chi connectivity index (χ0v) is 14.5. The highest BCUT2D eigenvalue weighted by Gasteiger charge is 2.29. The number of carbonyl (C=O) groups excluding carboxylic acids is 2. The number of alkyl halides is 3. The van der Waals surface area contributed by atoms with Gasteiger partial charge in [-0.3, -0.25) is 4.79 Å². The van der Waals surface area contributed by atoms with Crippen LogP contribution in [0.15, 0.2) is 54.6 Å². The fourth-order valence-corrected chi connectivity index (χ4v) is 2.16. The number of benzene rings is 2. The maximum atomic E-state index is 12.5. The highest BCUT2D eigenvalue weighted by Crippen LogP contribution is 2.29. The van der Waals surface area contributed by atoms with Gasteiger partial charge >= 0.3 is 12.3 Å². The van der Waals surface area contributed by atoms with Gasteiger partial charge in [-0.15, -0.1) is 0 Å². The molecular formula is C19H19F3N2O3. The van der Waals surface area contributed by atoms with Gasteiger partial charge in [0.05, 0.1) is 5.56 Å². The zero-order chi connectivity index (χ0) is 19.9. The summed E-state index contributed by atoms with van der Waals surface area (Å²) in [5.74, 6) is -0.480. The third-order valence-electron chi connectivity index (χ3n) is 3.69. The van der Waals surface area contributed by atoms with Crippen molar-refractivity contribution in [2.24, 2.45) is 0 Å².